The van der Waals surface area contributed by atoms with E-state index in [2.05, 4.69) is 51.8 Å². The fraction of sp³-hybridized carbons (Fsp3) is 0. The van der Waals surface area contributed by atoms with Crippen LogP contribution in [0.1, 0.15) is 0 Å². The van der Waals surface area contributed by atoms with Gasteiger partial charge in [0, 0.05) is 22.3 Å². The minimum absolute atomic E-state index is 0.604. The summed E-state index contributed by atoms with van der Waals surface area (Å²) in [6.07, 6.45) is 0. The second kappa shape index (κ2) is 12.5. The number of nitrogens with zero attached hydrogens (tertiary/aromatic N) is 4. The molecule has 0 saturated carbocycles. The smallest absolute Gasteiger partial charge is 0.197 e. The van der Waals surface area contributed by atoms with Crippen LogP contribution in [0.4, 0.5) is 0 Å². The summed E-state index contributed by atoms with van der Waals surface area (Å²) in [4.78, 5) is 17.7. The van der Waals surface area contributed by atoms with Gasteiger partial charge >= 0.3 is 0 Å². The maximum Gasteiger partial charge on any atom is 0.197 e. The van der Waals surface area contributed by atoms with Crippen molar-refractivity contribution in [2.24, 2.45) is 0 Å². The first-order valence-corrected chi connectivity index (χ1v) is 13.6. The molecule has 0 spiro atoms. The van der Waals surface area contributed by atoms with Gasteiger partial charge in [-0.1, -0.05) is 121 Å². The highest BCUT2D eigenvalue weighted by molar-refractivity contribution is 9.10. The molecule has 184 valence electrons. The summed E-state index contributed by atoms with van der Waals surface area (Å²) < 4.78 is 1.21. The third-order valence-corrected chi connectivity index (χ3v) is 6.39. The van der Waals surface area contributed by atoms with E-state index in [-0.39, 0.29) is 0 Å². The van der Waals surface area contributed by atoms with Crippen LogP contribution < -0.4 is 0 Å². The van der Waals surface area contributed by atoms with Gasteiger partial charge in [-0.25, -0.2) is 19.9 Å². The Hall–Kier alpha value is -4.00. The molecule has 6 aromatic rings. The lowest BCUT2D eigenvalue weighted by molar-refractivity contribution is 1.12. The molecule has 0 unspecified atom stereocenters. The Morgan fingerprint density at radius 2 is 0.526 bits per heavy atom. The highest BCUT2D eigenvalue weighted by atomic mass is 79.9. The molecular formula is C32H22Br2N4. The van der Waals surface area contributed by atoms with Crippen molar-refractivity contribution in [1.29, 1.82) is 0 Å². The van der Waals surface area contributed by atoms with Gasteiger partial charge in [-0.3, -0.25) is 0 Å². The van der Waals surface area contributed by atoms with Crippen molar-refractivity contribution in [3.8, 4) is 45.0 Å². The van der Waals surface area contributed by atoms with Crippen LogP contribution in [0, 0.1) is 0 Å². The number of halogens is 2. The normalized spacial score (nSPS) is 10.4. The topological polar surface area (TPSA) is 51.6 Å². The SMILES string of the molecule is Brc1nc(-c2ccccc2)cc(-c2ccccc2)n1.Brc1nc(-c2ccccc2)cc(-c2ccccc2)n1. The Morgan fingerprint density at radius 1 is 0.316 bits per heavy atom. The number of aromatic nitrogens is 4. The first-order valence-electron chi connectivity index (χ1n) is 12.0. The molecule has 0 bridgehead atoms. The lowest BCUT2D eigenvalue weighted by Gasteiger charge is -2.05. The van der Waals surface area contributed by atoms with E-state index in [1.807, 2.05) is 133 Å². The molecule has 6 heteroatoms. The molecule has 6 rings (SSSR count). The molecule has 4 aromatic carbocycles. The molecule has 0 fully saturated rings. The largest absolute Gasteiger partial charge is 0.222 e. The number of hydrogen-bond acceptors (Lipinski definition) is 4. The van der Waals surface area contributed by atoms with E-state index < -0.39 is 0 Å². The van der Waals surface area contributed by atoms with Gasteiger partial charge in [0.1, 0.15) is 0 Å². The van der Waals surface area contributed by atoms with E-state index in [0.717, 1.165) is 45.0 Å². The predicted octanol–water partition coefficient (Wildman–Crippen LogP) is 9.15. The van der Waals surface area contributed by atoms with Crippen molar-refractivity contribution in [2.45, 2.75) is 0 Å². The second-order valence-corrected chi connectivity index (χ2v) is 9.70. The zero-order valence-electron chi connectivity index (χ0n) is 20.2. The van der Waals surface area contributed by atoms with Crippen molar-refractivity contribution >= 4 is 31.9 Å². The summed E-state index contributed by atoms with van der Waals surface area (Å²) in [6, 6.07) is 44.4. The Balaban J connectivity index is 0.000000155. The highest BCUT2D eigenvalue weighted by Gasteiger charge is 2.07. The van der Waals surface area contributed by atoms with Gasteiger partial charge in [0.15, 0.2) is 9.47 Å². The average molecular weight is 622 g/mol. The van der Waals surface area contributed by atoms with Gasteiger partial charge in [0.2, 0.25) is 0 Å². The van der Waals surface area contributed by atoms with Crippen molar-refractivity contribution in [3.05, 3.63) is 143 Å². The second-order valence-electron chi connectivity index (χ2n) is 8.28. The minimum atomic E-state index is 0.604. The zero-order valence-corrected chi connectivity index (χ0v) is 23.4. The Morgan fingerprint density at radius 3 is 0.737 bits per heavy atom. The molecule has 0 aliphatic heterocycles. The summed E-state index contributed by atoms with van der Waals surface area (Å²) in [7, 11) is 0. The van der Waals surface area contributed by atoms with Gasteiger partial charge in [-0.15, -0.1) is 0 Å². The number of rotatable bonds is 4. The van der Waals surface area contributed by atoms with Crippen molar-refractivity contribution < 1.29 is 0 Å². The summed E-state index contributed by atoms with van der Waals surface area (Å²) >= 11 is 6.77. The molecule has 0 atom stereocenters. The van der Waals surface area contributed by atoms with Crippen LogP contribution in [0.15, 0.2) is 143 Å². The van der Waals surface area contributed by atoms with Crippen molar-refractivity contribution in [3.63, 3.8) is 0 Å². The lowest BCUT2D eigenvalue weighted by atomic mass is 10.1. The molecule has 0 saturated heterocycles. The lowest BCUT2D eigenvalue weighted by Crippen LogP contribution is -1.91. The minimum Gasteiger partial charge on any atom is -0.222 e. The Kier molecular flexibility index (Phi) is 8.43. The maximum atomic E-state index is 4.44. The number of benzene rings is 4. The maximum absolute atomic E-state index is 4.44. The number of hydrogen-bond donors (Lipinski definition) is 0. The molecule has 38 heavy (non-hydrogen) atoms. The molecule has 2 aromatic heterocycles. The monoisotopic (exact) mass is 620 g/mol. The first-order chi connectivity index (χ1) is 18.7. The third kappa shape index (κ3) is 6.65. The summed E-state index contributed by atoms with van der Waals surface area (Å²) in [5, 5.41) is 0. The van der Waals surface area contributed by atoms with Crippen LogP contribution in [0.25, 0.3) is 45.0 Å². The van der Waals surface area contributed by atoms with Gasteiger partial charge in [-0.05, 0) is 44.0 Å². The van der Waals surface area contributed by atoms with E-state index >= 15 is 0 Å². The molecular weight excluding hydrogens is 600 g/mol. The standard InChI is InChI=1S/2C16H11BrN2/c2*17-16-18-14(12-7-3-1-4-8-12)11-15(19-16)13-9-5-2-6-10-13/h2*1-11H. The van der Waals surface area contributed by atoms with Gasteiger partial charge in [0.05, 0.1) is 22.8 Å². The van der Waals surface area contributed by atoms with Crippen molar-refractivity contribution in [1.82, 2.24) is 19.9 Å². The van der Waals surface area contributed by atoms with Crippen LogP contribution in [0.5, 0.6) is 0 Å². The third-order valence-electron chi connectivity index (χ3n) is 5.68. The fourth-order valence-corrected chi connectivity index (χ4v) is 4.63. The Labute approximate surface area is 238 Å². The van der Waals surface area contributed by atoms with Crippen LogP contribution >= 0.6 is 31.9 Å². The summed E-state index contributed by atoms with van der Waals surface area (Å²) in [6.45, 7) is 0. The van der Waals surface area contributed by atoms with E-state index in [1.165, 1.54) is 0 Å². The zero-order chi connectivity index (χ0) is 26.2. The van der Waals surface area contributed by atoms with Gasteiger partial charge in [0.25, 0.3) is 0 Å². The molecule has 4 nitrogen and oxygen atoms in total. The average Bonchev–Trinajstić information content (AvgIpc) is 2.99. The van der Waals surface area contributed by atoms with E-state index in [9.17, 15) is 0 Å². The van der Waals surface area contributed by atoms with E-state index in [1.54, 1.807) is 0 Å². The molecule has 0 aliphatic carbocycles. The van der Waals surface area contributed by atoms with Crippen LogP contribution in [0.2, 0.25) is 0 Å². The quantitative estimate of drug-likeness (QED) is 0.184. The fourth-order valence-electron chi connectivity index (χ4n) is 3.86. The van der Waals surface area contributed by atoms with Crippen molar-refractivity contribution in [2.75, 3.05) is 0 Å². The van der Waals surface area contributed by atoms with Gasteiger partial charge < -0.3 is 0 Å². The molecule has 0 amide bonds. The first kappa shape index (κ1) is 25.6. The van der Waals surface area contributed by atoms with E-state index in [4.69, 9.17) is 0 Å². The van der Waals surface area contributed by atoms with Crippen LogP contribution in [-0.4, -0.2) is 19.9 Å². The summed E-state index contributed by atoms with van der Waals surface area (Å²) in [5.41, 5.74) is 8.02. The Bertz CT molecular complexity index is 1370. The molecule has 0 N–H and O–H groups in total. The van der Waals surface area contributed by atoms with Crippen LogP contribution in [0.3, 0.4) is 0 Å². The molecule has 0 aliphatic rings. The highest BCUT2D eigenvalue weighted by Crippen LogP contribution is 2.26. The van der Waals surface area contributed by atoms with E-state index in [0.29, 0.717) is 9.47 Å². The molecule has 0 radical (unpaired) electrons. The predicted molar refractivity (Wildman–Crippen MR) is 161 cm³/mol. The van der Waals surface area contributed by atoms with Crippen LogP contribution in [-0.2, 0) is 0 Å². The van der Waals surface area contributed by atoms with Gasteiger partial charge in [-0.2, -0.15) is 0 Å². The summed E-state index contributed by atoms with van der Waals surface area (Å²) in [5.74, 6) is 0. The molecule has 2 heterocycles.